The van der Waals surface area contributed by atoms with Gasteiger partial charge in [0.05, 0.1) is 17.2 Å². The number of nitrogens with one attached hydrogen (secondary N) is 2. The largest absolute Gasteiger partial charge is 0.324 e. The molecule has 1 aliphatic heterocycles. The van der Waals surface area contributed by atoms with Crippen molar-refractivity contribution in [2.75, 3.05) is 16.9 Å². The van der Waals surface area contributed by atoms with Gasteiger partial charge >= 0.3 is 0 Å². The Morgan fingerprint density at radius 1 is 1.47 bits per heavy atom. The standard InChI is InChI=1S/C14H15N3OS/c1-9-4-5-11(10-3-2-6-15-13(9)10)17-14(18)12-7-19-8-16-12/h2-6,12,16H,7-8H2,1H3,(H,17,18). The van der Waals surface area contributed by atoms with Crippen LogP contribution in [0, 0.1) is 6.92 Å². The summed E-state index contributed by atoms with van der Waals surface area (Å²) in [6.45, 7) is 2.02. The highest BCUT2D eigenvalue weighted by molar-refractivity contribution is 7.99. The van der Waals surface area contributed by atoms with Gasteiger partial charge in [-0.15, -0.1) is 11.8 Å². The Morgan fingerprint density at radius 3 is 3.16 bits per heavy atom. The molecule has 1 aliphatic rings. The zero-order valence-corrected chi connectivity index (χ0v) is 11.5. The SMILES string of the molecule is Cc1ccc(NC(=O)C2CSCN2)c2cccnc12. The van der Waals surface area contributed by atoms with Crippen molar-refractivity contribution in [1.29, 1.82) is 0 Å². The molecule has 2 heterocycles. The summed E-state index contributed by atoms with van der Waals surface area (Å²) in [7, 11) is 0. The number of aryl methyl sites for hydroxylation is 1. The van der Waals surface area contributed by atoms with Crippen molar-refractivity contribution in [3.05, 3.63) is 36.0 Å². The van der Waals surface area contributed by atoms with Crippen LogP contribution in [0.1, 0.15) is 5.56 Å². The molecule has 1 atom stereocenters. The summed E-state index contributed by atoms with van der Waals surface area (Å²) in [6, 6.07) is 7.71. The van der Waals surface area contributed by atoms with E-state index < -0.39 is 0 Å². The Kier molecular flexibility index (Phi) is 3.40. The molecule has 19 heavy (non-hydrogen) atoms. The van der Waals surface area contributed by atoms with E-state index in [0.29, 0.717) is 0 Å². The van der Waals surface area contributed by atoms with Crippen LogP contribution in [-0.2, 0) is 4.79 Å². The van der Waals surface area contributed by atoms with Crippen LogP contribution < -0.4 is 10.6 Å². The zero-order chi connectivity index (χ0) is 13.2. The Bertz CT molecular complexity index is 623. The highest BCUT2D eigenvalue weighted by Crippen LogP contribution is 2.25. The van der Waals surface area contributed by atoms with E-state index in [9.17, 15) is 4.79 Å². The number of thioether (sulfide) groups is 1. The van der Waals surface area contributed by atoms with E-state index in [2.05, 4.69) is 15.6 Å². The molecule has 1 saturated heterocycles. The molecule has 0 radical (unpaired) electrons. The molecule has 4 nitrogen and oxygen atoms in total. The normalized spacial score (nSPS) is 18.7. The predicted octanol–water partition coefficient (Wildman–Crippen LogP) is 2.14. The number of aromatic nitrogens is 1. The number of hydrogen-bond acceptors (Lipinski definition) is 4. The first-order valence-electron chi connectivity index (χ1n) is 6.22. The van der Waals surface area contributed by atoms with Crippen molar-refractivity contribution in [1.82, 2.24) is 10.3 Å². The molecule has 0 spiro atoms. The first kappa shape index (κ1) is 12.4. The maximum absolute atomic E-state index is 12.1. The van der Waals surface area contributed by atoms with Gasteiger partial charge in [0, 0.05) is 23.2 Å². The summed E-state index contributed by atoms with van der Waals surface area (Å²) < 4.78 is 0. The maximum atomic E-state index is 12.1. The number of hydrogen-bond donors (Lipinski definition) is 2. The molecule has 0 bridgehead atoms. The molecule has 2 N–H and O–H groups in total. The molecule has 1 aromatic carbocycles. The van der Waals surface area contributed by atoms with Crippen LogP contribution in [0.25, 0.3) is 10.9 Å². The number of amides is 1. The van der Waals surface area contributed by atoms with Crippen molar-refractivity contribution < 1.29 is 4.79 Å². The minimum absolute atomic E-state index is 0.0269. The smallest absolute Gasteiger partial charge is 0.242 e. The second kappa shape index (κ2) is 5.19. The number of nitrogens with zero attached hydrogens (tertiary/aromatic N) is 1. The lowest BCUT2D eigenvalue weighted by atomic mass is 10.1. The molecule has 1 unspecified atom stereocenters. The van der Waals surface area contributed by atoms with Crippen LogP contribution >= 0.6 is 11.8 Å². The first-order chi connectivity index (χ1) is 9.25. The number of pyridine rings is 1. The lowest BCUT2D eigenvalue weighted by molar-refractivity contribution is -0.117. The topological polar surface area (TPSA) is 54.0 Å². The van der Waals surface area contributed by atoms with Crippen LogP contribution in [0.5, 0.6) is 0 Å². The number of fused-ring (bicyclic) bond motifs is 1. The average molecular weight is 273 g/mol. The summed E-state index contributed by atoms with van der Waals surface area (Å²) in [6.07, 6.45) is 1.77. The molecule has 5 heteroatoms. The fourth-order valence-electron chi connectivity index (χ4n) is 2.21. The minimum Gasteiger partial charge on any atom is -0.324 e. The van der Waals surface area contributed by atoms with Crippen molar-refractivity contribution in [2.45, 2.75) is 13.0 Å². The minimum atomic E-state index is -0.0991. The Hall–Kier alpha value is -1.59. The third-order valence-electron chi connectivity index (χ3n) is 3.26. The molecule has 3 rings (SSSR count). The number of rotatable bonds is 2. The van der Waals surface area contributed by atoms with E-state index in [1.54, 1.807) is 18.0 Å². The second-order valence-corrected chi connectivity index (χ2v) is 5.62. The van der Waals surface area contributed by atoms with Crippen LogP contribution in [0.3, 0.4) is 0 Å². The van der Waals surface area contributed by atoms with Crippen molar-refractivity contribution >= 4 is 34.3 Å². The molecule has 1 amide bonds. The number of anilines is 1. The van der Waals surface area contributed by atoms with E-state index in [1.165, 1.54) is 0 Å². The zero-order valence-electron chi connectivity index (χ0n) is 10.6. The van der Waals surface area contributed by atoms with Gasteiger partial charge in [0.25, 0.3) is 0 Å². The highest BCUT2D eigenvalue weighted by Gasteiger charge is 2.22. The number of carbonyl (C=O) groups is 1. The van der Waals surface area contributed by atoms with Crippen molar-refractivity contribution in [3.63, 3.8) is 0 Å². The van der Waals surface area contributed by atoms with Crippen LogP contribution in [0.15, 0.2) is 30.5 Å². The summed E-state index contributed by atoms with van der Waals surface area (Å²) in [5, 5.41) is 7.16. The van der Waals surface area contributed by atoms with E-state index in [0.717, 1.165) is 33.8 Å². The van der Waals surface area contributed by atoms with Gasteiger partial charge in [-0.1, -0.05) is 6.07 Å². The van der Waals surface area contributed by atoms with Gasteiger partial charge in [0.15, 0.2) is 0 Å². The predicted molar refractivity (Wildman–Crippen MR) is 79.4 cm³/mol. The fraction of sp³-hybridized carbons (Fsp3) is 0.286. The number of carbonyl (C=O) groups excluding carboxylic acids is 1. The van der Waals surface area contributed by atoms with Crippen molar-refractivity contribution in [3.8, 4) is 0 Å². The van der Waals surface area contributed by atoms with Gasteiger partial charge in [-0.05, 0) is 30.7 Å². The molecule has 1 fully saturated rings. The molecular formula is C14H15N3OS. The highest BCUT2D eigenvalue weighted by atomic mass is 32.2. The Morgan fingerprint density at radius 2 is 2.37 bits per heavy atom. The fourth-order valence-corrected chi connectivity index (χ4v) is 3.15. The second-order valence-electron chi connectivity index (χ2n) is 4.59. The van der Waals surface area contributed by atoms with Gasteiger partial charge < -0.3 is 5.32 Å². The number of benzene rings is 1. The lowest BCUT2D eigenvalue weighted by Gasteiger charge is -2.13. The first-order valence-corrected chi connectivity index (χ1v) is 7.37. The van der Waals surface area contributed by atoms with Crippen molar-refractivity contribution in [2.24, 2.45) is 0 Å². The van der Waals surface area contributed by atoms with Gasteiger partial charge in [-0.3, -0.25) is 15.1 Å². The van der Waals surface area contributed by atoms with Gasteiger partial charge in [-0.2, -0.15) is 0 Å². The molecule has 98 valence electrons. The maximum Gasteiger partial charge on any atom is 0.242 e. The molecule has 1 aromatic heterocycles. The van der Waals surface area contributed by atoms with Crippen LogP contribution in [0.4, 0.5) is 5.69 Å². The van der Waals surface area contributed by atoms with E-state index in [-0.39, 0.29) is 11.9 Å². The Labute approximate surface area is 116 Å². The molecule has 0 aliphatic carbocycles. The van der Waals surface area contributed by atoms with E-state index in [1.807, 2.05) is 31.2 Å². The van der Waals surface area contributed by atoms with Gasteiger partial charge in [0.2, 0.25) is 5.91 Å². The third-order valence-corrected chi connectivity index (χ3v) is 4.20. The van der Waals surface area contributed by atoms with Gasteiger partial charge in [0.1, 0.15) is 0 Å². The summed E-state index contributed by atoms with van der Waals surface area (Å²) >= 11 is 1.74. The van der Waals surface area contributed by atoms with Gasteiger partial charge in [-0.25, -0.2) is 0 Å². The third kappa shape index (κ3) is 2.43. The van der Waals surface area contributed by atoms with Crippen LogP contribution in [-0.4, -0.2) is 28.6 Å². The lowest BCUT2D eigenvalue weighted by Crippen LogP contribution is -2.37. The summed E-state index contributed by atoms with van der Waals surface area (Å²) in [4.78, 5) is 16.5. The van der Waals surface area contributed by atoms with Crippen LogP contribution in [0.2, 0.25) is 0 Å². The van der Waals surface area contributed by atoms with E-state index >= 15 is 0 Å². The monoisotopic (exact) mass is 273 g/mol. The average Bonchev–Trinajstić information content (AvgIpc) is 2.96. The van der Waals surface area contributed by atoms with E-state index in [4.69, 9.17) is 0 Å². The quantitative estimate of drug-likeness (QED) is 0.880. The molecule has 2 aromatic rings. The molecule has 0 saturated carbocycles. The summed E-state index contributed by atoms with van der Waals surface area (Å²) in [5.41, 5.74) is 2.88. The summed E-state index contributed by atoms with van der Waals surface area (Å²) in [5.74, 6) is 1.70. The Balaban J connectivity index is 1.92. The molecular weight excluding hydrogens is 258 g/mol.